The predicted octanol–water partition coefficient (Wildman–Crippen LogP) is 3.97. The Morgan fingerprint density at radius 1 is 1.30 bits per heavy atom. The largest absolute Gasteiger partial charge is 0.493 e. The van der Waals surface area contributed by atoms with Crippen molar-refractivity contribution in [3.05, 3.63) is 40.3 Å². The number of rotatable bonds is 10. The first-order chi connectivity index (χ1) is 12.7. The van der Waals surface area contributed by atoms with Gasteiger partial charge in [-0.2, -0.15) is 0 Å². The average Bonchev–Trinajstić information content (AvgIpc) is 3.13. The van der Waals surface area contributed by atoms with E-state index in [1.807, 2.05) is 24.3 Å². The van der Waals surface area contributed by atoms with E-state index in [1.165, 1.54) is 5.01 Å². The number of aliphatic imine (C=N–C) groups is 1. The van der Waals surface area contributed by atoms with Gasteiger partial charge in [0.2, 0.25) is 0 Å². The molecule has 0 atom stereocenters. The second-order valence-corrected chi connectivity index (χ2v) is 6.63. The van der Waals surface area contributed by atoms with Crippen molar-refractivity contribution in [2.24, 2.45) is 4.99 Å². The molecule has 1 heterocycles. The Morgan fingerprint density at radius 2 is 2.15 bits per heavy atom. The number of guanidine groups is 1. The van der Waals surface area contributed by atoms with Crippen LogP contribution in [0.1, 0.15) is 24.0 Å². The summed E-state index contributed by atoms with van der Waals surface area (Å²) in [5.41, 5.74) is 2.06. The van der Waals surface area contributed by atoms with Crippen molar-refractivity contribution >= 4 is 47.0 Å². The number of hydrogen-bond acceptors (Lipinski definition) is 5. The number of halogens is 1. The molecule has 0 unspecified atom stereocenters. The molecule has 0 radical (unpaired) electrons. The first kappa shape index (κ1) is 23.6. The Hall–Kier alpha value is -1.39. The number of ether oxygens (including phenoxy) is 2. The summed E-state index contributed by atoms with van der Waals surface area (Å²) < 4.78 is 10.8. The number of aromatic nitrogens is 1. The summed E-state index contributed by atoms with van der Waals surface area (Å²) in [6, 6.07) is 7.86. The quantitative estimate of drug-likeness (QED) is 0.222. The first-order valence-corrected chi connectivity index (χ1v) is 9.76. The van der Waals surface area contributed by atoms with E-state index in [0.717, 1.165) is 48.9 Å². The summed E-state index contributed by atoms with van der Waals surface area (Å²) in [5, 5.41) is 9.92. The lowest BCUT2D eigenvalue weighted by Gasteiger charge is -2.13. The lowest BCUT2D eigenvalue weighted by Crippen LogP contribution is -2.32. The summed E-state index contributed by atoms with van der Waals surface area (Å²) >= 11 is 1.72. The molecule has 0 bridgehead atoms. The van der Waals surface area contributed by atoms with Gasteiger partial charge in [-0.05, 0) is 18.6 Å². The molecule has 0 saturated carbocycles. The number of hydrogen-bond donors (Lipinski definition) is 2. The smallest absolute Gasteiger partial charge is 0.195 e. The van der Waals surface area contributed by atoms with E-state index < -0.39 is 0 Å². The number of aryl methyl sites for hydroxylation is 1. The zero-order valence-electron chi connectivity index (χ0n) is 16.2. The first-order valence-electron chi connectivity index (χ1n) is 8.88. The van der Waals surface area contributed by atoms with Gasteiger partial charge in [-0.1, -0.05) is 13.0 Å². The molecule has 2 rings (SSSR count). The van der Waals surface area contributed by atoms with Crippen LogP contribution >= 0.6 is 35.3 Å². The van der Waals surface area contributed by atoms with E-state index >= 15 is 0 Å². The highest BCUT2D eigenvalue weighted by molar-refractivity contribution is 14.0. The van der Waals surface area contributed by atoms with Crippen molar-refractivity contribution in [1.29, 1.82) is 0 Å². The molecule has 0 aliphatic carbocycles. The van der Waals surface area contributed by atoms with Crippen molar-refractivity contribution in [3.63, 3.8) is 0 Å². The number of nitrogens with zero attached hydrogens (tertiary/aromatic N) is 2. The van der Waals surface area contributed by atoms with Crippen LogP contribution in [0, 0.1) is 0 Å². The summed E-state index contributed by atoms with van der Waals surface area (Å²) in [4.78, 5) is 8.85. The lowest BCUT2D eigenvalue weighted by atomic mass is 10.3. The average molecular weight is 504 g/mol. The summed E-state index contributed by atoms with van der Waals surface area (Å²) in [6.07, 6.45) is 2.73. The van der Waals surface area contributed by atoms with Crippen molar-refractivity contribution in [2.45, 2.75) is 26.2 Å². The molecule has 150 valence electrons. The van der Waals surface area contributed by atoms with Gasteiger partial charge in [-0.3, -0.25) is 4.99 Å². The molecule has 0 amide bonds. The van der Waals surface area contributed by atoms with E-state index in [0.29, 0.717) is 13.2 Å². The van der Waals surface area contributed by atoms with Crippen LogP contribution in [-0.4, -0.2) is 44.9 Å². The van der Waals surface area contributed by atoms with Crippen LogP contribution < -0.4 is 15.4 Å². The molecule has 2 N–H and O–H groups in total. The standard InChI is InChI=1S/C19H28N4O2S.HI/c1-4-18-22-16(14-26-18)9-10-21-19(20-2)23-15-7-5-8-17(13-15)25-12-6-11-24-3;/h5,7-8,13-14H,4,6,9-12H2,1-3H3,(H2,20,21,23);1H. The van der Waals surface area contributed by atoms with Gasteiger partial charge in [0.05, 0.1) is 17.3 Å². The van der Waals surface area contributed by atoms with Gasteiger partial charge >= 0.3 is 0 Å². The minimum atomic E-state index is 0. The molecule has 8 heteroatoms. The summed E-state index contributed by atoms with van der Waals surface area (Å²) in [5.74, 6) is 1.56. The van der Waals surface area contributed by atoms with E-state index in [2.05, 4.69) is 32.9 Å². The number of anilines is 1. The highest BCUT2D eigenvalue weighted by Crippen LogP contribution is 2.17. The monoisotopic (exact) mass is 504 g/mol. The number of nitrogens with one attached hydrogen (secondary N) is 2. The van der Waals surface area contributed by atoms with E-state index in [4.69, 9.17) is 9.47 Å². The third-order valence-electron chi connectivity index (χ3n) is 3.66. The van der Waals surface area contributed by atoms with Crippen LogP contribution in [0.3, 0.4) is 0 Å². The van der Waals surface area contributed by atoms with Crippen molar-refractivity contribution < 1.29 is 9.47 Å². The molecule has 6 nitrogen and oxygen atoms in total. The maximum Gasteiger partial charge on any atom is 0.195 e. The van der Waals surface area contributed by atoms with Crippen LogP contribution in [0.25, 0.3) is 0 Å². The van der Waals surface area contributed by atoms with E-state index in [1.54, 1.807) is 25.5 Å². The van der Waals surface area contributed by atoms with Gasteiger partial charge in [0, 0.05) is 57.3 Å². The van der Waals surface area contributed by atoms with E-state index in [9.17, 15) is 0 Å². The Bertz CT molecular complexity index is 694. The van der Waals surface area contributed by atoms with Crippen molar-refractivity contribution in [3.8, 4) is 5.75 Å². The number of benzene rings is 1. The molecular weight excluding hydrogens is 475 g/mol. The Kier molecular flexibility index (Phi) is 12.0. The Balaban J connectivity index is 0.00000364. The zero-order chi connectivity index (χ0) is 18.6. The van der Waals surface area contributed by atoms with Gasteiger partial charge in [0.25, 0.3) is 0 Å². The van der Waals surface area contributed by atoms with Crippen LogP contribution in [0.2, 0.25) is 0 Å². The number of methoxy groups -OCH3 is 1. The minimum Gasteiger partial charge on any atom is -0.493 e. The third-order valence-corrected chi connectivity index (χ3v) is 4.70. The molecule has 0 aliphatic rings. The zero-order valence-corrected chi connectivity index (χ0v) is 19.3. The molecule has 0 aliphatic heterocycles. The fraction of sp³-hybridized carbons (Fsp3) is 0.474. The molecular formula is C19H29IN4O2S. The maximum absolute atomic E-state index is 5.73. The highest BCUT2D eigenvalue weighted by atomic mass is 127. The van der Waals surface area contributed by atoms with Gasteiger partial charge in [-0.25, -0.2) is 4.98 Å². The van der Waals surface area contributed by atoms with Crippen LogP contribution in [0.5, 0.6) is 5.75 Å². The molecule has 0 spiro atoms. The van der Waals surface area contributed by atoms with E-state index in [-0.39, 0.29) is 24.0 Å². The molecule has 27 heavy (non-hydrogen) atoms. The number of thiazole rings is 1. The van der Waals surface area contributed by atoms with Crippen LogP contribution in [-0.2, 0) is 17.6 Å². The maximum atomic E-state index is 5.73. The minimum absolute atomic E-state index is 0. The predicted molar refractivity (Wildman–Crippen MR) is 124 cm³/mol. The summed E-state index contributed by atoms with van der Waals surface area (Å²) in [6.45, 7) is 4.24. The SMILES string of the molecule is CCc1nc(CCNC(=NC)Nc2cccc(OCCCOC)c2)cs1.I. The normalized spacial score (nSPS) is 11.0. The van der Waals surface area contributed by atoms with Crippen LogP contribution in [0.4, 0.5) is 5.69 Å². The lowest BCUT2D eigenvalue weighted by molar-refractivity contribution is 0.172. The second kappa shape index (κ2) is 13.7. The van der Waals surface area contributed by atoms with Gasteiger partial charge in [0.1, 0.15) is 5.75 Å². The fourth-order valence-electron chi connectivity index (χ4n) is 2.31. The van der Waals surface area contributed by atoms with Gasteiger partial charge in [0.15, 0.2) is 5.96 Å². The third kappa shape index (κ3) is 8.89. The molecule has 0 fully saturated rings. The van der Waals surface area contributed by atoms with Gasteiger partial charge < -0.3 is 20.1 Å². The second-order valence-electron chi connectivity index (χ2n) is 5.68. The van der Waals surface area contributed by atoms with Crippen molar-refractivity contribution in [1.82, 2.24) is 10.3 Å². The molecule has 0 saturated heterocycles. The van der Waals surface area contributed by atoms with Crippen molar-refractivity contribution in [2.75, 3.05) is 39.2 Å². The topological polar surface area (TPSA) is 67.8 Å². The molecule has 2 aromatic rings. The molecule has 1 aromatic heterocycles. The Labute approximate surface area is 182 Å². The van der Waals surface area contributed by atoms with Crippen LogP contribution in [0.15, 0.2) is 34.6 Å². The van der Waals surface area contributed by atoms with Gasteiger partial charge in [-0.15, -0.1) is 35.3 Å². The summed E-state index contributed by atoms with van der Waals surface area (Å²) in [7, 11) is 3.46. The molecule has 1 aromatic carbocycles. The fourth-order valence-corrected chi connectivity index (χ4v) is 3.09. The Morgan fingerprint density at radius 3 is 2.85 bits per heavy atom. The highest BCUT2D eigenvalue weighted by Gasteiger charge is 2.03.